The molecule has 0 saturated heterocycles. The molecule has 0 aliphatic heterocycles. The fourth-order valence-corrected chi connectivity index (χ4v) is 0.176. The zero-order chi connectivity index (χ0) is 3.54. The topological polar surface area (TPSA) is 26.0 Å². The van der Waals surface area contributed by atoms with Crippen molar-refractivity contribution in [3.05, 3.63) is 18.5 Å². The monoisotopic (exact) mass is 110 g/mol. The number of rotatable bonds is 0. The summed E-state index contributed by atoms with van der Waals surface area (Å²) in [5, 5.41) is 3.35. The van der Waals surface area contributed by atoms with Crippen LogP contribution in [-0.2, 0) is 0 Å². The number of aromatic nitrogens is 1. The Hall–Kier alpha value is 0.846. The van der Waals surface area contributed by atoms with Gasteiger partial charge in [-0.3, -0.25) is 0 Å². The van der Waals surface area contributed by atoms with Crippen molar-refractivity contribution in [2.45, 2.75) is 0 Å². The molecule has 0 N–H and O–H groups in total. The Balaban J connectivity index is -0.0000000833. The Bertz CT molecular complexity index is 73.8. The van der Waals surface area contributed by atoms with Gasteiger partial charge in [-0.05, 0) is 6.07 Å². The average Bonchev–Trinajstić information content (AvgIpc) is 1.76. The van der Waals surface area contributed by atoms with E-state index in [4.69, 9.17) is 0 Å². The van der Waals surface area contributed by atoms with Gasteiger partial charge in [0.25, 0.3) is 0 Å². The van der Waals surface area contributed by atoms with Crippen LogP contribution in [0.1, 0.15) is 2.85 Å². The van der Waals surface area contributed by atoms with Crippen molar-refractivity contribution >= 4 is 0 Å². The minimum absolute atomic E-state index is 0. The Morgan fingerprint density at radius 2 is 2.67 bits per heavy atom. The standard InChI is InChI=1S/C3H3NO.K.H/c1-2-4-5-3-1;;/h1-3H;;/q;+1;-1/p+1. The van der Waals surface area contributed by atoms with Crippen LogP contribution in [0.3, 0.4) is 0 Å². The molecule has 1 aromatic heterocycles. The third kappa shape index (κ3) is 2.10. The van der Waals surface area contributed by atoms with Gasteiger partial charge >= 0.3 is 52.8 Å². The van der Waals surface area contributed by atoms with E-state index in [2.05, 4.69) is 9.68 Å². The molecule has 0 amide bonds. The van der Waals surface area contributed by atoms with Gasteiger partial charge in [-0.1, -0.05) is 5.16 Å². The van der Waals surface area contributed by atoms with E-state index in [-0.39, 0.29) is 54.2 Å². The van der Waals surface area contributed by atoms with Gasteiger partial charge in [0, 0.05) is 0 Å². The maximum atomic E-state index is 4.33. The number of nitrogens with zero attached hydrogens (tertiary/aromatic N) is 1. The van der Waals surface area contributed by atoms with Crippen LogP contribution in [0.5, 0.6) is 0 Å². The van der Waals surface area contributed by atoms with E-state index in [0.29, 0.717) is 0 Å². The maximum absolute atomic E-state index is 4.33. The molecule has 28 valence electrons. The van der Waals surface area contributed by atoms with Crippen LogP contribution in [0.15, 0.2) is 23.0 Å². The van der Waals surface area contributed by atoms with Crippen molar-refractivity contribution in [3.63, 3.8) is 0 Å². The van der Waals surface area contributed by atoms with Gasteiger partial charge in [0.05, 0.1) is 6.20 Å². The van der Waals surface area contributed by atoms with E-state index in [9.17, 15) is 0 Å². The zero-order valence-electron chi connectivity index (χ0n) is 5.59. The van der Waals surface area contributed by atoms with Gasteiger partial charge in [-0.2, -0.15) is 0 Å². The molecule has 0 aliphatic carbocycles. The molecule has 1 rings (SSSR count). The van der Waals surface area contributed by atoms with Gasteiger partial charge < -0.3 is 5.95 Å². The van der Waals surface area contributed by atoms with Gasteiger partial charge in [0.15, 0.2) is 0 Å². The third-order valence-corrected chi connectivity index (χ3v) is 0.347. The largest absolute Gasteiger partial charge is 1.00 e. The molecule has 6 heavy (non-hydrogen) atoms. The SMILES string of the molecule is [H+].[H-].[K+].c1cnoc1. The first-order valence-electron chi connectivity index (χ1n) is 1.34. The first-order valence-corrected chi connectivity index (χ1v) is 1.34. The zero-order valence-corrected chi connectivity index (χ0v) is 6.71. The smallest absolute Gasteiger partial charge is 1.00 e. The maximum Gasteiger partial charge on any atom is 1.00 e. The molecule has 0 saturated carbocycles. The molecule has 0 fully saturated rings. The molecule has 0 bridgehead atoms. The molecule has 2 nitrogen and oxygen atoms in total. The number of hydrogen-bond donors (Lipinski definition) is 0. The average molecular weight is 110 g/mol. The molecule has 0 radical (unpaired) electrons. The molecular formula is C3H5KNO+. The molecule has 0 aliphatic rings. The summed E-state index contributed by atoms with van der Waals surface area (Å²) in [6.45, 7) is 0. The van der Waals surface area contributed by atoms with Crippen LogP contribution >= 0.6 is 0 Å². The van der Waals surface area contributed by atoms with Crippen molar-refractivity contribution in [2.24, 2.45) is 0 Å². The van der Waals surface area contributed by atoms with Crippen LogP contribution in [0, 0.1) is 0 Å². The molecule has 0 spiro atoms. The van der Waals surface area contributed by atoms with Gasteiger partial charge in [-0.15, -0.1) is 0 Å². The van der Waals surface area contributed by atoms with Crippen LogP contribution in [0.4, 0.5) is 0 Å². The fraction of sp³-hybridized carbons (Fsp3) is 0. The fourth-order valence-electron chi connectivity index (χ4n) is 0.176. The minimum atomic E-state index is 0. The summed E-state index contributed by atoms with van der Waals surface area (Å²) in [5.41, 5.74) is 0. The predicted molar refractivity (Wildman–Crippen MR) is 18.7 cm³/mol. The van der Waals surface area contributed by atoms with Crippen molar-refractivity contribution in [2.75, 3.05) is 0 Å². The summed E-state index contributed by atoms with van der Waals surface area (Å²) < 4.78 is 4.33. The molecule has 1 aromatic rings. The van der Waals surface area contributed by atoms with Crippen molar-refractivity contribution < 1.29 is 58.8 Å². The normalized spacial score (nSPS) is 6.67. The van der Waals surface area contributed by atoms with Crippen LogP contribution in [0.25, 0.3) is 0 Å². The van der Waals surface area contributed by atoms with Crippen LogP contribution in [-0.4, -0.2) is 5.16 Å². The van der Waals surface area contributed by atoms with E-state index in [1.807, 2.05) is 0 Å². The van der Waals surface area contributed by atoms with E-state index < -0.39 is 0 Å². The van der Waals surface area contributed by atoms with Crippen molar-refractivity contribution in [3.8, 4) is 0 Å². The van der Waals surface area contributed by atoms with E-state index in [1.165, 1.54) is 6.26 Å². The van der Waals surface area contributed by atoms with E-state index >= 15 is 0 Å². The van der Waals surface area contributed by atoms with Gasteiger partial charge in [0.2, 0.25) is 0 Å². The second-order valence-corrected chi connectivity index (χ2v) is 0.688. The van der Waals surface area contributed by atoms with Gasteiger partial charge in [-0.25, -0.2) is 0 Å². The Morgan fingerprint density at radius 1 is 1.83 bits per heavy atom. The second kappa shape index (κ2) is 4.02. The summed E-state index contributed by atoms with van der Waals surface area (Å²) in [6, 6.07) is 1.72. The molecule has 3 heteroatoms. The van der Waals surface area contributed by atoms with Crippen LogP contribution < -0.4 is 51.4 Å². The summed E-state index contributed by atoms with van der Waals surface area (Å²) in [7, 11) is 0. The molecule has 0 atom stereocenters. The van der Waals surface area contributed by atoms with Crippen molar-refractivity contribution in [1.82, 2.24) is 5.16 Å². The van der Waals surface area contributed by atoms with Crippen molar-refractivity contribution in [1.29, 1.82) is 0 Å². The van der Waals surface area contributed by atoms with Crippen LogP contribution in [0.2, 0.25) is 0 Å². The molecule has 0 unspecified atom stereocenters. The second-order valence-electron chi connectivity index (χ2n) is 0.688. The molecule has 1 heterocycles. The minimum Gasteiger partial charge on any atom is -1.00 e. The summed E-state index contributed by atoms with van der Waals surface area (Å²) in [4.78, 5) is 0. The Morgan fingerprint density at radius 3 is 2.83 bits per heavy atom. The predicted octanol–water partition coefficient (Wildman–Crippen LogP) is -2.10. The molecule has 0 aromatic carbocycles. The Kier molecular flexibility index (Phi) is 4.58. The van der Waals surface area contributed by atoms with Gasteiger partial charge in [0.1, 0.15) is 6.26 Å². The quantitative estimate of drug-likeness (QED) is 0.358. The summed E-state index contributed by atoms with van der Waals surface area (Å²) in [5.74, 6) is 0. The molecular weight excluding hydrogens is 105 g/mol. The summed E-state index contributed by atoms with van der Waals surface area (Å²) in [6.07, 6.45) is 3.10. The first kappa shape index (κ1) is 6.85. The third-order valence-electron chi connectivity index (χ3n) is 0.347. The van der Waals surface area contributed by atoms with E-state index in [1.54, 1.807) is 12.3 Å². The van der Waals surface area contributed by atoms with E-state index in [0.717, 1.165) is 0 Å². The number of hydrogen-bond acceptors (Lipinski definition) is 2. The Labute approximate surface area is 81.3 Å². The first-order chi connectivity index (χ1) is 2.50. The summed E-state index contributed by atoms with van der Waals surface area (Å²) >= 11 is 0.